The van der Waals surface area contributed by atoms with Crippen molar-refractivity contribution in [3.8, 4) is 5.75 Å². The molecule has 5 nitrogen and oxygen atoms in total. The first-order chi connectivity index (χ1) is 12.0. The topological polar surface area (TPSA) is 67.4 Å². The third kappa shape index (κ3) is 6.97. The van der Waals surface area contributed by atoms with Gasteiger partial charge in [-0.3, -0.25) is 9.59 Å². The van der Waals surface area contributed by atoms with Gasteiger partial charge < -0.3 is 15.4 Å². The van der Waals surface area contributed by atoms with Gasteiger partial charge in [0.05, 0.1) is 6.10 Å². The Bertz CT molecular complexity index is 666. The molecule has 25 heavy (non-hydrogen) atoms. The molecule has 1 aromatic heterocycles. The van der Waals surface area contributed by atoms with Gasteiger partial charge in [0.15, 0.2) is 0 Å². The van der Waals surface area contributed by atoms with Crippen LogP contribution in [0.15, 0.2) is 41.1 Å². The number of rotatable bonds is 9. The number of thiophene rings is 1. The minimum absolute atomic E-state index is 0.0210. The SMILES string of the molecule is CC(C)Oc1ccc(CNC(=O)CCCNC(=O)c2ccsc2)cc1. The van der Waals surface area contributed by atoms with E-state index in [2.05, 4.69) is 10.6 Å². The van der Waals surface area contributed by atoms with Crippen molar-refractivity contribution in [2.45, 2.75) is 39.3 Å². The van der Waals surface area contributed by atoms with Gasteiger partial charge in [0.2, 0.25) is 5.91 Å². The number of ether oxygens (including phenoxy) is 1. The van der Waals surface area contributed by atoms with Crippen molar-refractivity contribution >= 4 is 23.2 Å². The summed E-state index contributed by atoms with van der Waals surface area (Å²) in [6.07, 6.45) is 1.15. The van der Waals surface area contributed by atoms with Crippen LogP contribution < -0.4 is 15.4 Å². The van der Waals surface area contributed by atoms with E-state index in [1.165, 1.54) is 11.3 Å². The van der Waals surface area contributed by atoms with E-state index in [9.17, 15) is 9.59 Å². The molecule has 0 saturated heterocycles. The lowest BCUT2D eigenvalue weighted by molar-refractivity contribution is -0.121. The quantitative estimate of drug-likeness (QED) is 0.674. The summed E-state index contributed by atoms with van der Waals surface area (Å²) in [5.41, 5.74) is 1.69. The number of nitrogens with one attached hydrogen (secondary N) is 2. The molecule has 0 atom stereocenters. The van der Waals surface area contributed by atoms with E-state index in [-0.39, 0.29) is 17.9 Å². The van der Waals surface area contributed by atoms with E-state index in [4.69, 9.17) is 4.74 Å². The fraction of sp³-hybridized carbons (Fsp3) is 0.368. The first-order valence-corrected chi connectivity index (χ1v) is 9.31. The standard InChI is InChI=1S/C19H24N2O3S/c1-14(2)24-17-7-5-15(6-8-17)12-21-18(22)4-3-10-20-19(23)16-9-11-25-13-16/h5-9,11,13-14H,3-4,10,12H2,1-2H3,(H,20,23)(H,21,22). The summed E-state index contributed by atoms with van der Waals surface area (Å²) in [5.74, 6) is 0.712. The second-order valence-corrected chi connectivity index (χ2v) is 6.74. The number of amides is 2. The lowest BCUT2D eigenvalue weighted by atomic mass is 10.2. The highest BCUT2D eigenvalue weighted by atomic mass is 32.1. The second-order valence-electron chi connectivity index (χ2n) is 5.96. The fourth-order valence-corrected chi connectivity index (χ4v) is 2.83. The Morgan fingerprint density at radius 3 is 2.52 bits per heavy atom. The maximum Gasteiger partial charge on any atom is 0.252 e. The van der Waals surface area contributed by atoms with Gasteiger partial charge in [-0.1, -0.05) is 12.1 Å². The van der Waals surface area contributed by atoms with Crippen molar-refractivity contribution in [1.82, 2.24) is 10.6 Å². The molecule has 134 valence electrons. The molecule has 0 bridgehead atoms. The van der Waals surface area contributed by atoms with Crippen LogP contribution in [0.4, 0.5) is 0 Å². The summed E-state index contributed by atoms with van der Waals surface area (Å²) < 4.78 is 5.59. The number of carbonyl (C=O) groups is 2. The number of hydrogen-bond acceptors (Lipinski definition) is 4. The average Bonchev–Trinajstić information content (AvgIpc) is 3.12. The predicted octanol–water partition coefficient (Wildman–Crippen LogP) is 3.36. The summed E-state index contributed by atoms with van der Waals surface area (Å²) in [6.45, 7) is 4.94. The summed E-state index contributed by atoms with van der Waals surface area (Å²) in [7, 11) is 0. The van der Waals surface area contributed by atoms with Crippen LogP contribution in [0.3, 0.4) is 0 Å². The van der Waals surface area contributed by atoms with Gasteiger partial charge in [0, 0.05) is 30.5 Å². The van der Waals surface area contributed by atoms with Crippen LogP contribution >= 0.6 is 11.3 Å². The van der Waals surface area contributed by atoms with Crippen molar-refractivity contribution < 1.29 is 14.3 Å². The molecule has 6 heteroatoms. The van der Waals surface area contributed by atoms with Crippen molar-refractivity contribution in [2.24, 2.45) is 0 Å². The van der Waals surface area contributed by atoms with Crippen LogP contribution in [0, 0.1) is 0 Å². The molecular formula is C19H24N2O3S. The Hall–Kier alpha value is -2.34. The molecule has 0 spiro atoms. The lowest BCUT2D eigenvalue weighted by Crippen LogP contribution is -2.27. The van der Waals surface area contributed by atoms with Crippen LogP contribution in [-0.4, -0.2) is 24.5 Å². The largest absolute Gasteiger partial charge is 0.491 e. The van der Waals surface area contributed by atoms with Crippen LogP contribution in [-0.2, 0) is 11.3 Å². The van der Waals surface area contributed by atoms with Crippen molar-refractivity contribution in [3.63, 3.8) is 0 Å². The second kappa shape index (κ2) is 9.84. The van der Waals surface area contributed by atoms with E-state index >= 15 is 0 Å². The predicted molar refractivity (Wildman–Crippen MR) is 99.9 cm³/mol. The van der Waals surface area contributed by atoms with Gasteiger partial charge in [-0.05, 0) is 49.4 Å². The zero-order chi connectivity index (χ0) is 18.1. The summed E-state index contributed by atoms with van der Waals surface area (Å²) in [6, 6.07) is 9.48. The molecule has 2 aromatic rings. The normalized spacial score (nSPS) is 10.5. The smallest absolute Gasteiger partial charge is 0.252 e. The lowest BCUT2D eigenvalue weighted by Gasteiger charge is -2.10. The summed E-state index contributed by atoms with van der Waals surface area (Å²) >= 11 is 1.49. The first-order valence-electron chi connectivity index (χ1n) is 8.37. The molecule has 0 aliphatic heterocycles. The molecule has 0 saturated carbocycles. The Kier molecular flexibility index (Phi) is 7.47. The molecule has 0 aliphatic carbocycles. The third-order valence-corrected chi connectivity index (χ3v) is 4.12. The highest BCUT2D eigenvalue weighted by Gasteiger charge is 2.06. The molecular weight excluding hydrogens is 336 g/mol. The monoisotopic (exact) mass is 360 g/mol. The Morgan fingerprint density at radius 2 is 1.88 bits per heavy atom. The Morgan fingerprint density at radius 1 is 1.12 bits per heavy atom. The van der Waals surface area contributed by atoms with E-state index in [1.807, 2.05) is 43.5 Å². The van der Waals surface area contributed by atoms with Crippen molar-refractivity contribution in [3.05, 3.63) is 52.2 Å². The van der Waals surface area contributed by atoms with Crippen molar-refractivity contribution in [1.29, 1.82) is 0 Å². The molecule has 0 radical (unpaired) electrons. The zero-order valence-corrected chi connectivity index (χ0v) is 15.4. The Balaban J connectivity index is 1.61. The van der Waals surface area contributed by atoms with Gasteiger partial charge in [-0.25, -0.2) is 0 Å². The molecule has 1 aromatic carbocycles. The summed E-state index contributed by atoms with van der Waals surface area (Å²) in [5, 5.41) is 9.36. The first kappa shape index (κ1) is 19.0. The molecule has 2 amide bonds. The molecule has 0 fully saturated rings. The fourth-order valence-electron chi connectivity index (χ4n) is 2.19. The van der Waals surface area contributed by atoms with Crippen LogP contribution in [0.1, 0.15) is 42.6 Å². The number of carbonyl (C=O) groups excluding carboxylic acids is 2. The minimum atomic E-state index is -0.0923. The molecule has 2 N–H and O–H groups in total. The zero-order valence-electron chi connectivity index (χ0n) is 14.6. The number of benzene rings is 1. The highest BCUT2D eigenvalue weighted by Crippen LogP contribution is 2.13. The number of hydrogen-bond donors (Lipinski definition) is 2. The van der Waals surface area contributed by atoms with Crippen LogP contribution in [0.2, 0.25) is 0 Å². The maximum atomic E-state index is 11.9. The van der Waals surface area contributed by atoms with E-state index in [1.54, 1.807) is 11.4 Å². The van der Waals surface area contributed by atoms with Gasteiger partial charge in [0.25, 0.3) is 5.91 Å². The molecule has 0 aliphatic rings. The van der Waals surface area contributed by atoms with E-state index in [0.717, 1.165) is 11.3 Å². The van der Waals surface area contributed by atoms with Crippen molar-refractivity contribution in [2.75, 3.05) is 6.54 Å². The van der Waals surface area contributed by atoms with Crippen LogP contribution in [0.5, 0.6) is 5.75 Å². The molecule has 2 rings (SSSR count). The van der Waals surface area contributed by atoms with Gasteiger partial charge >= 0.3 is 0 Å². The van der Waals surface area contributed by atoms with Crippen LogP contribution in [0.25, 0.3) is 0 Å². The van der Waals surface area contributed by atoms with Gasteiger partial charge in [0.1, 0.15) is 5.75 Å². The van der Waals surface area contributed by atoms with Gasteiger partial charge in [-0.15, -0.1) is 0 Å². The maximum absolute atomic E-state index is 11.9. The summed E-state index contributed by atoms with van der Waals surface area (Å²) in [4.78, 5) is 23.6. The molecule has 1 heterocycles. The highest BCUT2D eigenvalue weighted by molar-refractivity contribution is 7.08. The average molecular weight is 360 g/mol. The third-order valence-electron chi connectivity index (χ3n) is 3.43. The van der Waals surface area contributed by atoms with E-state index in [0.29, 0.717) is 31.5 Å². The Labute approximate surface area is 152 Å². The van der Waals surface area contributed by atoms with Gasteiger partial charge in [-0.2, -0.15) is 11.3 Å². The van der Waals surface area contributed by atoms with E-state index < -0.39 is 0 Å². The molecule has 0 unspecified atom stereocenters. The minimum Gasteiger partial charge on any atom is -0.491 e.